The van der Waals surface area contributed by atoms with Gasteiger partial charge in [0.25, 0.3) is 0 Å². The molecule has 0 aliphatic heterocycles. The van der Waals surface area contributed by atoms with Crippen molar-refractivity contribution in [2.45, 2.75) is 6.92 Å². The second kappa shape index (κ2) is 10.5. The van der Waals surface area contributed by atoms with E-state index in [2.05, 4.69) is 20.6 Å². The molecule has 1 heterocycles. The van der Waals surface area contributed by atoms with Gasteiger partial charge in [0, 0.05) is 18.7 Å². The van der Waals surface area contributed by atoms with Gasteiger partial charge in [0.05, 0.1) is 11.3 Å². The van der Waals surface area contributed by atoms with Gasteiger partial charge in [-0.1, -0.05) is 24.3 Å². The van der Waals surface area contributed by atoms with Crippen molar-refractivity contribution in [2.24, 2.45) is 0 Å². The van der Waals surface area contributed by atoms with Gasteiger partial charge in [0.15, 0.2) is 0 Å². The van der Waals surface area contributed by atoms with E-state index in [9.17, 15) is 4.79 Å². The van der Waals surface area contributed by atoms with E-state index in [-0.39, 0.29) is 17.4 Å². The molecule has 0 radical (unpaired) electrons. The van der Waals surface area contributed by atoms with E-state index in [1.807, 2.05) is 30.3 Å². The second-order valence-electron chi connectivity index (χ2n) is 6.51. The molecule has 0 unspecified atom stereocenters. The number of amides is 1. The van der Waals surface area contributed by atoms with Crippen molar-refractivity contribution in [3.05, 3.63) is 84.2 Å². The zero-order valence-electron chi connectivity index (χ0n) is 17.1. The molecule has 8 nitrogen and oxygen atoms in total. The molecule has 31 heavy (non-hydrogen) atoms. The Labute approximate surface area is 180 Å². The number of aromatic nitrogens is 2. The summed E-state index contributed by atoms with van der Waals surface area (Å²) in [5, 5.41) is 14.5. The third-order valence-corrected chi connectivity index (χ3v) is 4.28. The van der Waals surface area contributed by atoms with Crippen LogP contribution in [0, 0.1) is 5.41 Å². The zero-order chi connectivity index (χ0) is 22.1. The highest BCUT2D eigenvalue weighted by Gasteiger charge is 2.16. The fraction of sp³-hybridized carbons (Fsp3) is 0.130. The quantitative estimate of drug-likeness (QED) is 0.241. The highest BCUT2D eigenvalue weighted by atomic mass is 16.5. The van der Waals surface area contributed by atoms with E-state index in [1.165, 1.54) is 12.4 Å². The molecule has 0 aliphatic carbocycles. The van der Waals surface area contributed by atoms with Gasteiger partial charge in [-0.3, -0.25) is 10.2 Å². The largest absolute Gasteiger partial charge is 0.457 e. The minimum atomic E-state index is -0.169. The Morgan fingerprint density at radius 1 is 1.06 bits per heavy atom. The Morgan fingerprint density at radius 3 is 2.48 bits per heavy atom. The minimum Gasteiger partial charge on any atom is -0.457 e. The standard InChI is InChI=1S/C23H24N6O2/c1-2-6-19(30)26-13-14-27-23-20(22(25)28-15-29-23)21(24)16-9-11-18(12-10-16)31-17-7-4-3-5-8-17/h2-12,15,24H,13-14H2,1H3,(H,26,30)(H3,25,27,28,29)/b6-2+,24-21?. The first kappa shape index (κ1) is 21.5. The number of benzene rings is 2. The maximum Gasteiger partial charge on any atom is 0.243 e. The average molecular weight is 416 g/mol. The number of para-hydroxylation sites is 1. The minimum absolute atomic E-state index is 0.169. The number of carbonyl (C=O) groups excluding carboxylic acids is 1. The smallest absolute Gasteiger partial charge is 0.243 e. The van der Waals surface area contributed by atoms with Crippen LogP contribution in [-0.4, -0.2) is 34.7 Å². The number of allylic oxidation sites excluding steroid dienone is 1. The van der Waals surface area contributed by atoms with Gasteiger partial charge in [0.1, 0.15) is 29.5 Å². The summed E-state index contributed by atoms with van der Waals surface area (Å²) < 4.78 is 5.80. The molecule has 0 spiro atoms. The van der Waals surface area contributed by atoms with E-state index in [0.29, 0.717) is 35.8 Å². The maximum atomic E-state index is 11.5. The van der Waals surface area contributed by atoms with E-state index in [1.54, 1.807) is 37.3 Å². The molecule has 0 aliphatic rings. The summed E-state index contributed by atoms with van der Waals surface area (Å²) in [5.74, 6) is 1.86. The van der Waals surface area contributed by atoms with Crippen LogP contribution in [0.4, 0.5) is 11.6 Å². The number of hydrogen-bond acceptors (Lipinski definition) is 7. The number of anilines is 2. The second-order valence-corrected chi connectivity index (χ2v) is 6.51. The number of rotatable bonds is 9. The lowest BCUT2D eigenvalue weighted by Crippen LogP contribution is -2.27. The number of nitrogens with one attached hydrogen (secondary N) is 3. The van der Waals surface area contributed by atoms with Crippen molar-refractivity contribution in [3.63, 3.8) is 0 Å². The molecular weight excluding hydrogens is 392 g/mol. The number of nitrogens with two attached hydrogens (primary N) is 1. The van der Waals surface area contributed by atoms with E-state index >= 15 is 0 Å². The van der Waals surface area contributed by atoms with E-state index in [4.69, 9.17) is 15.9 Å². The molecule has 0 atom stereocenters. The predicted octanol–water partition coefficient (Wildman–Crippen LogP) is 3.37. The Balaban J connectivity index is 1.70. The normalized spacial score (nSPS) is 10.6. The Bertz CT molecular complexity index is 1070. The van der Waals surface area contributed by atoms with Crippen LogP contribution in [0.1, 0.15) is 18.1 Å². The summed E-state index contributed by atoms with van der Waals surface area (Å²) >= 11 is 0. The van der Waals surface area contributed by atoms with Crippen LogP contribution in [-0.2, 0) is 4.79 Å². The lowest BCUT2D eigenvalue weighted by Gasteiger charge is -2.14. The molecule has 0 fully saturated rings. The lowest BCUT2D eigenvalue weighted by atomic mass is 10.0. The zero-order valence-corrected chi connectivity index (χ0v) is 17.1. The fourth-order valence-corrected chi connectivity index (χ4v) is 2.82. The molecule has 3 rings (SSSR count). The van der Waals surface area contributed by atoms with Gasteiger partial charge >= 0.3 is 0 Å². The summed E-state index contributed by atoms with van der Waals surface area (Å²) in [5.41, 5.74) is 7.28. The van der Waals surface area contributed by atoms with Crippen LogP contribution in [0.25, 0.3) is 0 Å². The van der Waals surface area contributed by atoms with Gasteiger partial charge in [-0.15, -0.1) is 0 Å². The van der Waals surface area contributed by atoms with Gasteiger partial charge < -0.3 is 21.1 Å². The topological polar surface area (TPSA) is 126 Å². The number of carbonyl (C=O) groups is 1. The van der Waals surface area contributed by atoms with Crippen LogP contribution in [0.5, 0.6) is 11.5 Å². The fourth-order valence-electron chi connectivity index (χ4n) is 2.82. The Kier molecular flexibility index (Phi) is 7.31. The molecule has 5 N–H and O–H groups in total. The van der Waals surface area contributed by atoms with Crippen molar-refractivity contribution in [2.75, 3.05) is 24.1 Å². The molecule has 1 aromatic heterocycles. The first-order chi connectivity index (χ1) is 15.1. The molecule has 8 heteroatoms. The van der Waals surface area contributed by atoms with Gasteiger partial charge in [-0.05, 0) is 49.4 Å². The average Bonchev–Trinajstić information content (AvgIpc) is 2.78. The third-order valence-electron chi connectivity index (χ3n) is 4.28. The molecule has 0 saturated carbocycles. The van der Waals surface area contributed by atoms with Gasteiger partial charge in [-0.2, -0.15) is 0 Å². The molecule has 0 saturated heterocycles. The summed E-state index contributed by atoms with van der Waals surface area (Å²) in [6, 6.07) is 16.6. The van der Waals surface area contributed by atoms with Crippen molar-refractivity contribution >= 4 is 23.3 Å². The van der Waals surface area contributed by atoms with Crippen LogP contribution in [0.3, 0.4) is 0 Å². The van der Waals surface area contributed by atoms with E-state index in [0.717, 1.165) is 5.75 Å². The monoisotopic (exact) mass is 416 g/mol. The molecule has 0 bridgehead atoms. The summed E-state index contributed by atoms with van der Waals surface area (Å²) in [6.07, 6.45) is 4.46. The predicted molar refractivity (Wildman–Crippen MR) is 122 cm³/mol. The SMILES string of the molecule is C/C=C/C(=O)NCCNc1ncnc(N)c1C(=N)c1ccc(Oc2ccccc2)cc1. The van der Waals surface area contributed by atoms with Crippen molar-refractivity contribution in [1.29, 1.82) is 5.41 Å². The van der Waals surface area contributed by atoms with Crippen LogP contribution in [0.2, 0.25) is 0 Å². The number of nitrogens with zero attached hydrogens (tertiary/aromatic N) is 2. The van der Waals surface area contributed by atoms with Crippen LogP contribution >= 0.6 is 0 Å². The van der Waals surface area contributed by atoms with Crippen molar-refractivity contribution in [1.82, 2.24) is 15.3 Å². The van der Waals surface area contributed by atoms with Crippen molar-refractivity contribution in [3.8, 4) is 11.5 Å². The van der Waals surface area contributed by atoms with E-state index < -0.39 is 0 Å². The third kappa shape index (κ3) is 5.89. The van der Waals surface area contributed by atoms with Crippen LogP contribution in [0.15, 0.2) is 73.1 Å². The first-order valence-electron chi connectivity index (χ1n) is 9.75. The van der Waals surface area contributed by atoms with Gasteiger partial charge in [-0.25, -0.2) is 9.97 Å². The summed E-state index contributed by atoms with van der Waals surface area (Å²) in [6.45, 7) is 2.59. The number of ether oxygens (including phenoxy) is 1. The summed E-state index contributed by atoms with van der Waals surface area (Å²) in [4.78, 5) is 19.7. The molecule has 1 amide bonds. The molecule has 3 aromatic rings. The Hall–Kier alpha value is -4.20. The highest BCUT2D eigenvalue weighted by Crippen LogP contribution is 2.25. The number of nitrogen functional groups attached to an aromatic ring is 1. The number of hydrogen-bond donors (Lipinski definition) is 4. The highest BCUT2D eigenvalue weighted by molar-refractivity contribution is 6.16. The van der Waals surface area contributed by atoms with Gasteiger partial charge in [0.2, 0.25) is 5.91 Å². The first-order valence-corrected chi connectivity index (χ1v) is 9.75. The molecular formula is C23H24N6O2. The molecule has 2 aromatic carbocycles. The Morgan fingerprint density at radius 2 is 1.77 bits per heavy atom. The van der Waals surface area contributed by atoms with Crippen LogP contribution < -0.4 is 21.1 Å². The maximum absolute atomic E-state index is 11.5. The summed E-state index contributed by atoms with van der Waals surface area (Å²) in [7, 11) is 0. The molecule has 158 valence electrons. The lowest BCUT2D eigenvalue weighted by molar-refractivity contribution is -0.116. The van der Waals surface area contributed by atoms with Crippen molar-refractivity contribution < 1.29 is 9.53 Å².